The first-order valence-corrected chi connectivity index (χ1v) is 12.3. The molecule has 1 amide bonds. The highest BCUT2D eigenvalue weighted by Crippen LogP contribution is 2.50. The molecular weight excluding hydrogens is 435 g/mol. The highest BCUT2D eigenvalue weighted by molar-refractivity contribution is 8.01. The van der Waals surface area contributed by atoms with E-state index in [-0.39, 0.29) is 18.3 Å². The molecule has 31 heavy (non-hydrogen) atoms. The Hall–Kier alpha value is -2.19. The Morgan fingerprint density at radius 2 is 2.00 bits per heavy atom. The van der Waals surface area contributed by atoms with Gasteiger partial charge in [-0.05, 0) is 29.8 Å². The van der Waals surface area contributed by atoms with Crippen LogP contribution in [-0.4, -0.2) is 49.1 Å². The molecule has 164 valence electrons. The van der Waals surface area contributed by atoms with Crippen molar-refractivity contribution in [3.63, 3.8) is 0 Å². The van der Waals surface area contributed by atoms with Crippen molar-refractivity contribution in [1.29, 1.82) is 0 Å². The number of nitrogens with zero attached hydrogens (tertiary/aromatic N) is 1. The van der Waals surface area contributed by atoms with Gasteiger partial charge in [-0.1, -0.05) is 24.3 Å². The van der Waals surface area contributed by atoms with Crippen LogP contribution in [0, 0.1) is 5.82 Å². The fourth-order valence-electron chi connectivity index (χ4n) is 3.95. The van der Waals surface area contributed by atoms with Gasteiger partial charge in [0.05, 0.1) is 12.2 Å². The van der Waals surface area contributed by atoms with E-state index in [1.165, 1.54) is 24.8 Å². The fraction of sp³-hybridized carbons (Fsp3) is 0.391. The number of thioether (sulfide) groups is 2. The predicted octanol–water partition coefficient (Wildman–Crippen LogP) is 3.82. The summed E-state index contributed by atoms with van der Waals surface area (Å²) in [6.07, 6.45) is -0.111. The Morgan fingerprint density at radius 1 is 1.26 bits per heavy atom. The highest BCUT2D eigenvalue weighted by Gasteiger charge is 2.51. The van der Waals surface area contributed by atoms with E-state index in [9.17, 15) is 9.59 Å². The quantitative estimate of drug-likeness (QED) is 0.662. The summed E-state index contributed by atoms with van der Waals surface area (Å²) in [6, 6.07) is 14.7. The van der Waals surface area contributed by atoms with Crippen LogP contribution in [0.25, 0.3) is 0 Å². The zero-order chi connectivity index (χ0) is 21.8. The number of anilines is 1. The van der Waals surface area contributed by atoms with Crippen molar-refractivity contribution in [2.75, 3.05) is 36.0 Å². The Labute approximate surface area is 190 Å². The molecule has 0 saturated carbocycles. The summed E-state index contributed by atoms with van der Waals surface area (Å²) >= 11 is 3.25. The van der Waals surface area contributed by atoms with Crippen LogP contribution in [0.4, 0.5) is 10.1 Å². The summed E-state index contributed by atoms with van der Waals surface area (Å²) in [5.41, 5.74) is 1.16. The molecule has 0 aliphatic carbocycles. The Kier molecular flexibility index (Phi) is 6.77. The molecule has 4 rings (SSSR count). The number of cyclic esters (lactones) is 1. The number of benzene rings is 2. The first-order valence-electron chi connectivity index (χ1n) is 10.3. The van der Waals surface area contributed by atoms with E-state index < -0.39 is 16.8 Å². The predicted molar refractivity (Wildman–Crippen MR) is 123 cm³/mol. The smallest absolute Gasteiger partial charge is 0.327 e. The summed E-state index contributed by atoms with van der Waals surface area (Å²) in [5.74, 6) is 1.05. The molecule has 2 saturated heterocycles. The van der Waals surface area contributed by atoms with Crippen molar-refractivity contribution in [3.05, 3.63) is 59.9 Å². The van der Waals surface area contributed by atoms with Crippen LogP contribution in [0.3, 0.4) is 0 Å². The van der Waals surface area contributed by atoms with Crippen LogP contribution in [0.1, 0.15) is 18.9 Å². The minimum Gasteiger partial charge on any atom is -0.459 e. The average molecular weight is 461 g/mol. The largest absolute Gasteiger partial charge is 0.459 e. The first-order chi connectivity index (χ1) is 15.0. The number of amides is 1. The lowest BCUT2D eigenvalue weighted by molar-refractivity contribution is -0.143. The van der Waals surface area contributed by atoms with E-state index in [0.29, 0.717) is 17.7 Å². The lowest BCUT2D eigenvalue weighted by Crippen LogP contribution is -2.33. The molecule has 0 bridgehead atoms. The third-order valence-electron chi connectivity index (χ3n) is 5.50. The Bertz CT molecular complexity index is 953. The third kappa shape index (κ3) is 4.85. The normalized spacial score (nSPS) is 23.5. The number of carbonyl (C=O) groups is 2. The SMILES string of the molecule is CC(=O)NC[C@H]1CC(Sc2ccccc2)(c2ccc(N3CCSCC3)c(F)c2)C(=O)O1. The minimum atomic E-state index is -1.07. The van der Waals surface area contributed by atoms with Crippen molar-refractivity contribution < 1.29 is 18.7 Å². The number of rotatable bonds is 6. The van der Waals surface area contributed by atoms with Crippen molar-refractivity contribution >= 4 is 41.1 Å². The summed E-state index contributed by atoms with van der Waals surface area (Å²) < 4.78 is 19.8. The summed E-state index contributed by atoms with van der Waals surface area (Å²) in [6.45, 7) is 3.29. The van der Waals surface area contributed by atoms with Gasteiger partial charge in [-0.2, -0.15) is 11.8 Å². The van der Waals surface area contributed by atoms with Crippen molar-refractivity contribution in [3.8, 4) is 0 Å². The maximum atomic E-state index is 15.2. The van der Waals surface area contributed by atoms with E-state index in [2.05, 4.69) is 10.2 Å². The molecule has 2 atom stereocenters. The van der Waals surface area contributed by atoms with Crippen molar-refractivity contribution in [2.45, 2.75) is 29.1 Å². The summed E-state index contributed by atoms with van der Waals surface area (Å²) in [7, 11) is 0. The molecule has 2 aromatic rings. The number of hydrogen-bond donors (Lipinski definition) is 1. The topological polar surface area (TPSA) is 58.6 Å². The van der Waals surface area contributed by atoms with Gasteiger partial charge in [0.25, 0.3) is 0 Å². The number of ether oxygens (including phenoxy) is 1. The second-order valence-corrected chi connectivity index (χ2v) is 10.3. The van der Waals surface area contributed by atoms with Crippen LogP contribution in [0.2, 0.25) is 0 Å². The first kappa shape index (κ1) is 22.0. The number of halogens is 1. The summed E-state index contributed by atoms with van der Waals surface area (Å²) in [5, 5.41) is 2.72. The number of hydrogen-bond acceptors (Lipinski definition) is 6. The van der Waals surface area contributed by atoms with Crippen molar-refractivity contribution in [1.82, 2.24) is 5.32 Å². The fourth-order valence-corrected chi connectivity index (χ4v) is 6.19. The zero-order valence-corrected chi connectivity index (χ0v) is 18.9. The molecule has 8 heteroatoms. The van der Waals surface area contributed by atoms with Gasteiger partial charge in [-0.15, -0.1) is 11.8 Å². The molecular formula is C23H25FN2O3S2. The average Bonchev–Trinajstić information content (AvgIpc) is 3.09. The van der Waals surface area contributed by atoms with E-state index in [4.69, 9.17) is 4.74 Å². The van der Waals surface area contributed by atoms with Gasteiger partial charge in [0.15, 0.2) is 0 Å². The zero-order valence-electron chi connectivity index (χ0n) is 17.3. The highest BCUT2D eigenvalue weighted by atomic mass is 32.2. The molecule has 2 aromatic carbocycles. The van der Waals surface area contributed by atoms with Gasteiger partial charge in [0.2, 0.25) is 5.91 Å². The van der Waals surface area contributed by atoms with Gasteiger partial charge < -0.3 is 15.0 Å². The molecule has 5 nitrogen and oxygen atoms in total. The van der Waals surface area contributed by atoms with Gasteiger partial charge in [-0.25, -0.2) is 4.39 Å². The van der Waals surface area contributed by atoms with E-state index >= 15 is 4.39 Å². The summed E-state index contributed by atoms with van der Waals surface area (Å²) in [4.78, 5) is 27.4. The molecule has 2 fully saturated rings. The molecule has 0 spiro atoms. The maximum Gasteiger partial charge on any atom is 0.327 e. The van der Waals surface area contributed by atoms with Crippen LogP contribution in [-0.2, 0) is 19.1 Å². The van der Waals surface area contributed by atoms with Gasteiger partial charge in [0, 0.05) is 42.8 Å². The van der Waals surface area contributed by atoms with Crippen molar-refractivity contribution in [2.24, 2.45) is 0 Å². The Balaban J connectivity index is 1.67. The van der Waals surface area contributed by atoms with E-state index in [1.54, 1.807) is 6.07 Å². The number of nitrogens with one attached hydrogen (secondary N) is 1. The van der Waals surface area contributed by atoms with Crippen LogP contribution in [0.15, 0.2) is 53.4 Å². The molecule has 1 unspecified atom stereocenters. The van der Waals surface area contributed by atoms with Crippen LogP contribution < -0.4 is 10.2 Å². The van der Waals surface area contributed by atoms with E-state index in [0.717, 1.165) is 29.5 Å². The molecule has 0 aromatic heterocycles. The molecule has 1 N–H and O–H groups in total. The standard InChI is InChI=1S/C23H25FN2O3S2/c1-16(27)25-15-18-14-23(22(28)29-18,31-19-5-3-2-4-6-19)17-7-8-21(20(24)13-17)26-9-11-30-12-10-26/h2-8,13,18H,9-12,14-15H2,1H3,(H,25,27)/t18-,23?/m1/s1. The second kappa shape index (κ2) is 9.53. The second-order valence-electron chi connectivity index (χ2n) is 7.68. The minimum absolute atomic E-state index is 0.181. The number of esters is 1. The molecule has 2 aliphatic heterocycles. The Morgan fingerprint density at radius 3 is 2.68 bits per heavy atom. The van der Waals surface area contributed by atoms with Gasteiger partial charge in [0.1, 0.15) is 16.7 Å². The van der Waals surface area contributed by atoms with Gasteiger partial charge in [-0.3, -0.25) is 9.59 Å². The lowest BCUT2D eigenvalue weighted by atomic mass is 9.93. The monoisotopic (exact) mass is 460 g/mol. The van der Waals surface area contributed by atoms with E-state index in [1.807, 2.05) is 48.2 Å². The molecule has 0 radical (unpaired) electrons. The third-order valence-corrected chi connectivity index (χ3v) is 7.87. The maximum absolute atomic E-state index is 15.2. The van der Waals surface area contributed by atoms with Crippen LogP contribution >= 0.6 is 23.5 Å². The van der Waals surface area contributed by atoms with Gasteiger partial charge >= 0.3 is 5.97 Å². The van der Waals surface area contributed by atoms with Crippen LogP contribution in [0.5, 0.6) is 0 Å². The molecule has 2 aliphatic rings. The lowest BCUT2D eigenvalue weighted by Gasteiger charge is -2.30. The number of carbonyl (C=O) groups excluding carboxylic acids is 2. The molecule has 2 heterocycles.